The maximum absolute atomic E-state index is 14.2. The van der Waals surface area contributed by atoms with Gasteiger partial charge in [0, 0.05) is 23.4 Å². The maximum atomic E-state index is 14.2. The van der Waals surface area contributed by atoms with Gasteiger partial charge < -0.3 is 0 Å². The van der Waals surface area contributed by atoms with Crippen LogP contribution in [-0.2, 0) is 18.5 Å². The highest BCUT2D eigenvalue weighted by Crippen LogP contribution is 2.44. The second-order valence-corrected chi connectivity index (χ2v) is 15.3. The van der Waals surface area contributed by atoms with Crippen molar-refractivity contribution < 1.29 is 44.3 Å². The lowest BCUT2D eigenvalue weighted by molar-refractivity contribution is -0.143. The molecular weight excluding hydrogens is 786 g/mol. The summed E-state index contributed by atoms with van der Waals surface area (Å²) in [4.78, 5) is 19.5. The van der Waals surface area contributed by atoms with Crippen LogP contribution in [0.15, 0.2) is 40.6 Å². The van der Waals surface area contributed by atoms with Gasteiger partial charge in [0.25, 0.3) is 5.91 Å². The van der Waals surface area contributed by atoms with Crippen molar-refractivity contribution in [3.05, 3.63) is 74.0 Å². The van der Waals surface area contributed by atoms with Crippen LogP contribution in [0.5, 0.6) is 0 Å². The highest BCUT2D eigenvalue weighted by atomic mass is 35.5. The Bertz CT molecular complexity index is 2060. The Morgan fingerprint density at radius 3 is 2.00 bits per heavy atom. The topological polar surface area (TPSA) is 76.8 Å². The van der Waals surface area contributed by atoms with Crippen LogP contribution in [-0.4, -0.2) is 43.2 Å². The molecule has 21 heteroatoms. The third-order valence-corrected chi connectivity index (χ3v) is 10.7. The second-order valence-electron chi connectivity index (χ2n) is 10.7. The number of hydrogen-bond acceptors (Lipinski definition) is 8. The fourth-order valence-corrected chi connectivity index (χ4v) is 7.97. The van der Waals surface area contributed by atoms with E-state index < -0.39 is 62.5 Å². The lowest BCUT2D eigenvalue weighted by atomic mass is 9.97. The second kappa shape index (κ2) is 13.6. The van der Waals surface area contributed by atoms with Crippen molar-refractivity contribution in [3.63, 3.8) is 0 Å². The minimum Gasteiger partial charge on any atom is -0.284 e. The standard InChI is InChI=1S/C29H19Cl2F9N6OS3/c1-11(2)48-23-20(13-5-6-17(30)18(31)9-13)41-25(49-23)46-21(22(47)45(4)26-43-42-24(50-26)29(38,39)40)19(12(3)44-46)14-7-15(27(32,33)34)10-16(8-14)28(35,36)37/h5-11H,1-4H3. The molecular formula is C29H19Cl2F9N6OS3. The number of carbonyl (C=O) groups excluding carboxylic acids is 1. The van der Waals surface area contributed by atoms with Crippen LogP contribution in [0.25, 0.3) is 27.5 Å². The Labute approximate surface area is 299 Å². The Balaban J connectivity index is 1.80. The molecule has 50 heavy (non-hydrogen) atoms. The van der Waals surface area contributed by atoms with Crippen molar-refractivity contribution >= 4 is 68.7 Å². The van der Waals surface area contributed by atoms with E-state index in [1.54, 1.807) is 6.07 Å². The number of benzene rings is 2. The number of anilines is 1. The summed E-state index contributed by atoms with van der Waals surface area (Å²) in [6.45, 7) is 5.01. The zero-order valence-electron chi connectivity index (χ0n) is 25.5. The molecule has 0 saturated heterocycles. The van der Waals surface area contributed by atoms with Crippen molar-refractivity contribution in [1.29, 1.82) is 0 Å². The number of carbonyl (C=O) groups is 1. The van der Waals surface area contributed by atoms with Crippen LogP contribution in [0.4, 0.5) is 44.6 Å². The zero-order chi connectivity index (χ0) is 37.1. The monoisotopic (exact) mass is 804 g/mol. The average Bonchev–Trinajstić information content (AvgIpc) is 3.74. The van der Waals surface area contributed by atoms with Crippen molar-refractivity contribution in [2.45, 2.75) is 48.8 Å². The van der Waals surface area contributed by atoms with E-state index in [0.717, 1.165) is 23.1 Å². The smallest absolute Gasteiger partial charge is 0.284 e. The molecule has 0 fully saturated rings. The summed E-state index contributed by atoms with van der Waals surface area (Å²) in [6.07, 6.45) is -15.4. The van der Waals surface area contributed by atoms with Crippen LogP contribution < -0.4 is 4.90 Å². The first-order chi connectivity index (χ1) is 23.1. The molecule has 0 spiro atoms. The number of thiazole rings is 1. The Kier molecular flexibility index (Phi) is 10.3. The highest BCUT2D eigenvalue weighted by Gasteiger charge is 2.40. The molecule has 0 aliphatic carbocycles. The zero-order valence-corrected chi connectivity index (χ0v) is 29.5. The van der Waals surface area contributed by atoms with E-state index in [4.69, 9.17) is 23.2 Å². The van der Waals surface area contributed by atoms with E-state index in [-0.39, 0.29) is 43.5 Å². The van der Waals surface area contributed by atoms with E-state index in [2.05, 4.69) is 20.3 Å². The van der Waals surface area contributed by atoms with Gasteiger partial charge in [-0.3, -0.25) is 9.69 Å². The van der Waals surface area contributed by atoms with Gasteiger partial charge >= 0.3 is 18.5 Å². The van der Waals surface area contributed by atoms with Gasteiger partial charge in [0.2, 0.25) is 15.3 Å². The Hall–Kier alpha value is -3.39. The van der Waals surface area contributed by atoms with Gasteiger partial charge in [-0.05, 0) is 42.8 Å². The predicted molar refractivity (Wildman–Crippen MR) is 174 cm³/mol. The molecule has 1 amide bonds. The van der Waals surface area contributed by atoms with Crippen LogP contribution in [0.1, 0.15) is 46.2 Å². The molecule has 266 valence electrons. The van der Waals surface area contributed by atoms with Gasteiger partial charge in [0.1, 0.15) is 5.69 Å². The normalized spacial score (nSPS) is 12.6. The van der Waals surface area contributed by atoms with Gasteiger partial charge in [-0.15, -0.1) is 22.0 Å². The van der Waals surface area contributed by atoms with Crippen molar-refractivity contribution in [1.82, 2.24) is 25.0 Å². The number of halogens is 11. The molecule has 3 aromatic heterocycles. The van der Waals surface area contributed by atoms with Crippen LogP contribution in [0.2, 0.25) is 10.0 Å². The number of nitrogens with zero attached hydrogens (tertiary/aromatic N) is 6. The van der Waals surface area contributed by atoms with Gasteiger partial charge in [-0.1, -0.05) is 65.8 Å². The first kappa shape index (κ1) is 37.9. The molecule has 5 rings (SSSR count). The maximum Gasteiger partial charge on any atom is 0.445 e. The highest BCUT2D eigenvalue weighted by molar-refractivity contribution is 8.01. The van der Waals surface area contributed by atoms with E-state index in [1.165, 1.54) is 30.8 Å². The van der Waals surface area contributed by atoms with E-state index in [9.17, 15) is 44.3 Å². The third kappa shape index (κ3) is 7.75. The molecule has 0 aliphatic rings. The minimum atomic E-state index is -5.23. The molecule has 0 radical (unpaired) electrons. The molecule has 7 nitrogen and oxygen atoms in total. The summed E-state index contributed by atoms with van der Waals surface area (Å²) in [6, 6.07) is 5.45. The Morgan fingerprint density at radius 1 is 0.860 bits per heavy atom. The molecule has 0 bridgehead atoms. The first-order valence-electron chi connectivity index (χ1n) is 13.8. The number of alkyl halides is 9. The molecule has 2 aromatic carbocycles. The summed E-state index contributed by atoms with van der Waals surface area (Å²) >= 11 is 14.7. The Morgan fingerprint density at radius 2 is 1.48 bits per heavy atom. The van der Waals surface area contributed by atoms with Gasteiger partial charge in [0.15, 0.2) is 0 Å². The van der Waals surface area contributed by atoms with E-state index >= 15 is 0 Å². The number of thioether (sulfide) groups is 1. The summed E-state index contributed by atoms with van der Waals surface area (Å²) in [5, 5.41) is 9.23. The molecule has 3 heterocycles. The number of aryl methyl sites for hydroxylation is 1. The number of hydrogen-bond donors (Lipinski definition) is 0. The van der Waals surface area contributed by atoms with Gasteiger partial charge in [-0.2, -0.15) is 49.3 Å². The lowest BCUT2D eigenvalue weighted by Crippen LogP contribution is -2.29. The molecule has 0 saturated carbocycles. The van der Waals surface area contributed by atoms with E-state index in [1.807, 2.05) is 13.8 Å². The summed E-state index contributed by atoms with van der Waals surface area (Å²) < 4.78 is 125. The molecule has 0 atom stereocenters. The fourth-order valence-electron chi connectivity index (χ4n) is 4.53. The van der Waals surface area contributed by atoms with Crippen molar-refractivity contribution in [3.8, 4) is 27.5 Å². The fraction of sp³-hybridized carbons (Fsp3) is 0.276. The molecule has 0 unspecified atom stereocenters. The molecule has 0 aliphatic heterocycles. The SMILES string of the molecule is Cc1nn(-c2nc(-c3ccc(Cl)c(Cl)c3)c(SC(C)C)s2)c(C(=O)N(C)c2nnc(C(F)(F)F)s2)c1-c1cc(C(F)(F)F)cc(C(F)(F)F)c1. The van der Waals surface area contributed by atoms with Crippen LogP contribution in [0.3, 0.4) is 0 Å². The number of amides is 1. The predicted octanol–water partition coefficient (Wildman–Crippen LogP) is 11.0. The largest absolute Gasteiger partial charge is 0.445 e. The van der Waals surface area contributed by atoms with Gasteiger partial charge in [0.05, 0.1) is 36.8 Å². The summed E-state index contributed by atoms with van der Waals surface area (Å²) in [7, 11) is 1.02. The van der Waals surface area contributed by atoms with Gasteiger partial charge in [-0.25, -0.2) is 4.98 Å². The molecule has 0 N–H and O–H groups in total. The van der Waals surface area contributed by atoms with E-state index in [0.29, 0.717) is 32.5 Å². The summed E-state index contributed by atoms with van der Waals surface area (Å²) in [5.74, 6) is -1.18. The van der Waals surface area contributed by atoms with Crippen molar-refractivity contribution in [2.75, 3.05) is 11.9 Å². The average molecular weight is 806 g/mol. The minimum absolute atomic E-state index is 0.00313. The summed E-state index contributed by atoms with van der Waals surface area (Å²) in [5.41, 5.74) is -4.41. The number of aromatic nitrogens is 5. The lowest BCUT2D eigenvalue weighted by Gasteiger charge is -2.17. The molecule has 5 aromatic rings. The van der Waals surface area contributed by atoms with Crippen LogP contribution >= 0.6 is 57.6 Å². The third-order valence-electron chi connectivity index (χ3n) is 6.69. The van der Waals surface area contributed by atoms with Crippen LogP contribution in [0, 0.1) is 6.92 Å². The quantitative estimate of drug-likeness (QED) is 0.120. The van der Waals surface area contributed by atoms with Crippen molar-refractivity contribution in [2.24, 2.45) is 0 Å². The number of rotatable bonds is 7. The first-order valence-corrected chi connectivity index (χ1v) is 17.0.